The van der Waals surface area contributed by atoms with E-state index in [2.05, 4.69) is 41.0 Å². The summed E-state index contributed by atoms with van der Waals surface area (Å²) in [5.74, 6) is 0.587. The molecule has 3 N–H and O–H groups in total. The molecule has 1 aliphatic rings. The van der Waals surface area contributed by atoms with E-state index in [1.165, 1.54) is 6.42 Å². The van der Waals surface area contributed by atoms with Crippen molar-refractivity contribution in [1.29, 1.82) is 0 Å². The van der Waals surface area contributed by atoms with E-state index in [4.69, 9.17) is 5.73 Å². The SMILES string of the molecule is CCCCNC(N)=NCC(C)N1CCN(C)CC1. The van der Waals surface area contributed by atoms with Crippen LogP contribution in [0.15, 0.2) is 4.99 Å². The first-order valence-corrected chi connectivity index (χ1v) is 7.10. The maximum atomic E-state index is 5.83. The Morgan fingerprint density at radius 2 is 2.00 bits per heavy atom. The van der Waals surface area contributed by atoms with E-state index in [0.29, 0.717) is 12.0 Å². The van der Waals surface area contributed by atoms with E-state index in [1.807, 2.05) is 0 Å². The quantitative estimate of drug-likeness (QED) is 0.408. The zero-order valence-electron chi connectivity index (χ0n) is 12.2. The second-order valence-electron chi connectivity index (χ2n) is 5.19. The van der Waals surface area contributed by atoms with Crippen LogP contribution in [0.5, 0.6) is 0 Å². The first-order chi connectivity index (χ1) is 8.63. The number of nitrogens with one attached hydrogen (secondary N) is 1. The van der Waals surface area contributed by atoms with Crippen molar-refractivity contribution in [2.24, 2.45) is 10.7 Å². The molecule has 0 amide bonds. The summed E-state index contributed by atoms with van der Waals surface area (Å²) >= 11 is 0. The summed E-state index contributed by atoms with van der Waals surface area (Å²) in [7, 11) is 2.18. The van der Waals surface area contributed by atoms with Gasteiger partial charge in [0, 0.05) is 38.8 Å². The number of rotatable bonds is 6. The number of aliphatic imine (C=N–C) groups is 1. The molecule has 1 aliphatic heterocycles. The second kappa shape index (κ2) is 8.32. The number of nitrogens with two attached hydrogens (primary N) is 1. The summed E-state index contributed by atoms with van der Waals surface area (Å²) in [4.78, 5) is 9.28. The van der Waals surface area contributed by atoms with Gasteiger partial charge in [0.15, 0.2) is 5.96 Å². The highest BCUT2D eigenvalue weighted by atomic mass is 15.3. The maximum Gasteiger partial charge on any atom is 0.188 e. The molecule has 0 radical (unpaired) electrons. The van der Waals surface area contributed by atoms with Gasteiger partial charge in [-0.25, -0.2) is 0 Å². The molecule has 0 bridgehead atoms. The van der Waals surface area contributed by atoms with Gasteiger partial charge in [0.2, 0.25) is 0 Å². The Kier molecular flexibility index (Phi) is 7.05. The summed E-state index contributed by atoms with van der Waals surface area (Å²) in [5, 5.41) is 3.15. The maximum absolute atomic E-state index is 5.83. The fraction of sp³-hybridized carbons (Fsp3) is 0.923. The topological polar surface area (TPSA) is 56.9 Å². The number of guanidine groups is 1. The number of hydrogen-bond donors (Lipinski definition) is 2. The molecule has 0 aromatic carbocycles. The molecule has 1 heterocycles. The lowest BCUT2D eigenvalue weighted by Crippen LogP contribution is -2.49. The third kappa shape index (κ3) is 5.69. The molecule has 1 fully saturated rings. The third-order valence-electron chi connectivity index (χ3n) is 3.52. The van der Waals surface area contributed by atoms with E-state index < -0.39 is 0 Å². The predicted octanol–water partition coefficient (Wildman–Crippen LogP) is 0.327. The molecule has 106 valence electrons. The van der Waals surface area contributed by atoms with Crippen molar-refractivity contribution >= 4 is 5.96 Å². The van der Waals surface area contributed by atoms with Gasteiger partial charge in [-0.2, -0.15) is 0 Å². The highest BCUT2D eigenvalue weighted by molar-refractivity contribution is 5.77. The van der Waals surface area contributed by atoms with Crippen molar-refractivity contribution in [1.82, 2.24) is 15.1 Å². The fourth-order valence-electron chi connectivity index (χ4n) is 2.06. The van der Waals surface area contributed by atoms with E-state index in [1.54, 1.807) is 0 Å². The van der Waals surface area contributed by atoms with Gasteiger partial charge in [-0.1, -0.05) is 13.3 Å². The van der Waals surface area contributed by atoms with E-state index in [0.717, 1.165) is 45.7 Å². The van der Waals surface area contributed by atoms with Crippen molar-refractivity contribution in [2.75, 3.05) is 46.3 Å². The smallest absolute Gasteiger partial charge is 0.188 e. The zero-order valence-corrected chi connectivity index (χ0v) is 12.2. The van der Waals surface area contributed by atoms with Crippen molar-refractivity contribution in [2.45, 2.75) is 32.7 Å². The summed E-state index contributed by atoms with van der Waals surface area (Å²) < 4.78 is 0. The Labute approximate surface area is 111 Å². The van der Waals surface area contributed by atoms with Crippen molar-refractivity contribution in [3.05, 3.63) is 0 Å². The minimum atomic E-state index is 0.477. The van der Waals surface area contributed by atoms with Crippen LogP contribution in [0.25, 0.3) is 0 Å². The molecule has 1 unspecified atom stereocenters. The van der Waals surface area contributed by atoms with Gasteiger partial charge in [0.1, 0.15) is 0 Å². The number of hydrogen-bond acceptors (Lipinski definition) is 3. The van der Waals surface area contributed by atoms with Crippen molar-refractivity contribution in [3.63, 3.8) is 0 Å². The summed E-state index contributed by atoms with van der Waals surface area (Å²) in [6.45, 7) is 10.7. The highest BCUT2D eigenvalue weighted by Crippen LogP contribution is 2.04. The third-order valence-corrected chi connectivity index (χ3v) is 3.52. The summed E-state index contributed by atoms with van der Waals surface area (Å²) in [6.07, 6.45) is 2.32. The number of piperazine rings is 1. The molecule has 0 aromatic heterocycles. The van der Waals surface area contributed by atoms with Crippen molar-refractivity contribution in [3.8, 4) is 0 Å². The predicted molar refractivity (Wildman–Crippen MR) is 77.9 cm³/mol. The molecule has 1 saturated heterocycles. The number of unbranched alkanes of at least 4 members (excludes halogenated alkanes) is 1. The zero-order chi connectivity index (χ0) is 13.4. The van der Waals surface area contributed by atoms with Crippen LogP contribution in [0.1, 0.15) is 26.7 Å². The first-order valence-electron chi connectivity index (χ1n) is 7.10. The molecule has 0 aromatic rings. The van der Waals surface area contributed by atoms with Crippen LogP contribution in [-0.2, 0) is 0 Å². The van der Waals surface area contributed by atoms with Gasteiger partial charge >= 0.3 is 0 Å². The van der Waals surface area contributed by atoms with Gasteiger partial charge in [0.05, 0.1) is 6.54 Å². The van der Waals surface area contributed by atoms with Gasteiger partial charge < -0.3 is 16.0 Å². The number of nitrogens with zero attached hydrogens (tertiary/aromatic N) is 3. The molecular weight excluding hydrogens is 226 g/mol. The fourth-order valence-corrected chi connectivity index (χ4v) is 2.06. The van der Waals surface area contributed by atoms with E-state index >= 15 is 0 Å². The van der Waals surface area contributed by atoms with E-state index in [9.17, 15) is 0 Å². The average Bonchev–Trinajstić information content (AvgIpc) is 2.37. The summed E-state index contributed by atoms with van der Waals surface area (Å²) in [6, 6.07) is 0.477. The van der Waals surface area contributed by atoms with Crippen molar-refractivity contribution < 1.29 is 0 Å². The minimum Gasteiger partial charge on any atom is -0.370 e. The van der Waals surface area contributed by atoms with E-state index in [-0.39, 0.29) is 0 Å². The average molecular weight is 255 g/mol. The number of likely N-dealkylation sites (N-methyl/N-ethyl adjacent to an activating group) is 1. The van der Waals surface area contributed by atoms with Gasteiger partial charge in [-0.3, -0.25) is 9.89 Å². The lowest BCUT2D eigenvalue weighted by molar-refractivity contribution is 0.122. The van der Waals surface area contributed by atoms with Crippen LogP contribution < -0.4 is 11.1 Å². The normalized spacial score (nSPS) is 20.9. The van der Waals surface area contributed by atoms with Crippen LogP contribution in [0.2, 0.25) is 0 Å². The minimum absolute atomic E-state index is 0.477. The van der Waals surface area contributed by atoms with Gasteiger partial charge in [-0.05, 0) is 20.4 Å². The monoisotopic (exact) mass is 255 g/mol. The Morgan fingerprint density at radius 3 is 2.61 bits per heavy atom. The molecule has 5 heteroatoms. The van der Waals surface area contributed by atoms with Crippen LogP contribution in [0.4, 0.5) is 0 Å². The molecular formula is C13H29N5. The van der Waals surface area contributed by atoms with Crippen LogP contribution in [-0.4, -0.2) is 68.1 Å². The first kappa shape index (κ1) is 15.2. The van der Waals surface area contributed by atoms with Crippen LogP contribution in [0, 0.1) is 0 Å². The Morgan fingerprint density at radius 1 is 1.33 bits per heavy atom. The second-order valence-corrected chi connectivity index (χ2v) is 5.19. The van der Waals surface area contributed by atoms with Crippen LogP contribution >= 0.6 is 0 Å². The Hall–Kier alpha value is -0.810. The molecule has 0 aliphatic carbocycles. The standard InChI is InChI=1S/C13H29N5/c1-4-5-6-15-13(14)16-11-12(2)18-9-7-17(3)8-10-18/h12H,4-11H2,1-3H3,(H3,14,15,16). The lowest BCUT2D eigenvalue weighted by Gasteiger charge is -2.35. The highest BCUT2D eigenvalue weighted by Gasteiger charge is 2.18. The summed E-state index contributed by atoms with van der Waals surface area (Å²) in [5.41, 5.74) is 5.83. The van der Waals surface area contributed by atoms with Gasteiger partial charge in [0.25, 0.3) is 0 Å². The molecule has 0 spiro atoms. The molecule has 1 atom stereocenters. The Bertz CT molecular complexity index is 246. The van der Waals surface area contributed by atoms with Crippen LogP contribution in [0.3, 0.4) is 0 Å². The largest absolute Gasteiger partial charge is 0.370 e. The van der Waals surface area contributed by atoms with Gasteiger partial charge in [-0.15, -0.1) is 0 Å². The molecule has 18 heavy (non-hydrogen) atoms. The molecule has 5 nitrogen and oxygen atoms in total. The molecule has 0 saturated carbocycles. The lowest BCUT2D eigenvalue weighted by atomic mass is 10.2. The molecule has 1 rings (SSSR count). The Balaban J connectivity index is 2.22.